The summed E-state index contributed by atoms with van der Waals surface area (Å²) in [7, 11) is -1.42. The van der Waals surface area contributed by atoms with Crippen LogP contribution in [0, 0.1) is 11.6 Å². The summed E-state index contributed by atoms with van der Waals surface area (Å²) in [6.07, 6.45) is 1.43. The molecule has 0 spiro atoms. The van der Waals surface area contributed by atoms with Crippen molar-refractivity contribution in [3.63, 3.8) is 0 Å². The van der Waals surface area contributed by atoms with Crippen molar-refractivity contribution in [2.24, 2.45) is 5.73 Å². The molecule has 1 aromatic carbocycles. The van der Waals surface area contributed by atoms with E-state index in [-0.39, 0.29) is 32.2 Å². The third kappa shape index (κ3) is 6.42. The molecule has 1 aromatic rings. The van der Waals surface area contributed by atoms with E-state index in [9.17, 15) is 18.7 Å². The summed E-state index contributed by atoms with van der Waals surface area (Å²) in [5.74, 6) is -3.32. The molecule has 24 heavy (non-hydrogen) atoms. The van der Waals surface area contributed by atoms with Gasteiger partial charge in [-0.05, 0) is 37.7 Å². The molecule has 1 unspecified atom stereocenters. The van der Waals surface area contributed by atoms with Crippen molar-refractivity contribution in [3.8, 4) is 5.75 Å². The summed E-state index contributed by atoms with van der Waals surface area (Å²) in [6.45, 7) is -0.0700. The molecule has 134 valence electrons. The molecule has 0 radical (unpaired) electrons. The number of halogens is 2. The maximum atomic E-state index is 13.4. The Bertz CT molecular complexity index is 526. The highest BCUT2D eigenvalue weighted by molar-refractivity contribution is 6.40. The first-order chi connectivity index (χ1) is 11.3. The van der Waals surface area contributed by atoms with E-state index in [1.165, 1.54) is 6.07 Å². The molecule has 0 aliphatic rings. The first-order valence-electron chi connectivity index (χ1n) is 7.71. The van der Waals surface area contributed by atoms with E-state index in [4.69, 9.17) is 20.5 Å². The minimum absolute atomic E-state index is 0.0695. The van der Waals surface area contributed by atoms with Crippen LogP contribution in [-0.2, 0) is 4.79 Å². The fourth-order valence-electron chi connectivity index (χ4n) is 2.29. The van der Waals surface area contributed by atoms with Gasteiger partial charge in [0.15, 0.2) is 17.4 Å². The maximum Gasteiger partial charge on any atom is 0.451 e. The maximum absolute atomic E-state index is 13.4. The van der Waals surface area contributed by atoms with Crippen molar-refractivity contribution in [1.29, 1.82) is 0 Å². The van der Waals surface area contributed by atoms with Crippen LogP contribution in [0.1, 0.15) is 32.1 Å². The molecule has 1 rings (SSSR count). The van der Waals surface area contributed by atoms with Crippen LogP contribution in [-0.4, -0.2) is 40.4 Å². The van der Waals surface area contributed by atoms with Crippen molar-refractivity contribution in [1.82, 2.24) is 0 Å². The van der Waals surface area contributed by atoms with Gasteiger partial charge in [-0.25, -0.2) is 8.78 Å². The van der Waals surface area contributed by atoms with Crippen LogP contribution >= 0.6 is 0 Å². The van der Waals surface area contributed by atoms with Crippen molar-refractivity contribution >= 4 is 13.1 Å². The van der Waals surface area contributed by atoms with Crippen LogP contribution < -0.4 is 10.5 Å². The van der Waals surface area contributed by atoms with Crippen molar-refractivity contribution in [3.05, 3.63) is 29.8 Å². The van der Waals surface area contributed by atoms with E-state index < -0.39 is 36.0 Å². The van der Waals surface area contributed by atoms with E-state index in [1.54, 1.807) is 0 Å². The molecule has 5 N–H and O–H groups in total. The van der Waals surface area contributed by atoms with Crippen LogP contribution in [0.15, 0.2) is 18.2 Å². The average Bonchev–Trinajstić information content (AvgIpc) is 2.50. The number of carboxylic acids is 1. The van der Waals surface area contributed by atoms with Crippen LogP contribution in [0.4, 0.5) is 8.78 Å². The number of hydrogen-bond acceptors (Lipinski definition) is 5. The SMILES string of the molecule is NC(CCCCB(O)O)(CCCOc1c(F)cccc1F)C(=O)O. The minimum Gasteiger partial charge on any atom is -0.488 e. The van der Waals surface area contributed by atoms with E-state index in [0.717, 1.165) is 12.1 Å². The van der Waals surface area contributed by atoms with Gasteiger partial charge in [-0.3, -0.25) is 4.79 Å². The molecular weight excluding hydrogens is 323 g/mol. The van der Waals surface area contributed by atoms with E-state index >= 15 is 0 Å². The molecular formula is C15H22BF2NO5. The largest absolute Gasteiger partial charge is 0.488 e. The number of benzene rings is 1. The Morgan fingerprint density at radius 1 is 1.17 bits per heavy atom. The molecule has 6 nitrogen and oxygen atoms in total. The number of carboxylic acid groups (broad SMARTS) is 1. The average molecular weight is 345 g/mol. The quantitative estimate of drug-likeness (QED) is 0.358. The Kier molecular flexibility index (Phi) is 8.10. The van der Waals surface area contributed by atoms with Crippen molar-refractivity contribution in [2.75, 3.05) is 6.61 Å². The number of aliphatic carboxylic acids is 1. The highest BCUT2D eigenvalue weighted by atomic mass is 19.1. The van der Waals surface area contributed by atoms with Gasteiger partial charge in [-0.1, -0.05) is 18.9 Å². The van der Waals surface area contributed by atoms with Gasteiger partial charge in [-0.2, -0.15) is 0 Å². The molecule has 0 aliphatic heterocycles. The van der Waals surface area contributed by atoms with Gasteiger partial charge < -0.3 is 25.6 Å². The second-order valence-corrected chi connectivity index (χ2v) is 5.69. The molecule has 0 aromatic heterocycles. The molecule has 0 bridgehead atoms. The number of hydrogen-bond donors (Lipinski definition) is 4. The van der Waals surface area contributed by atoms with Gasteiger partial charge in [0.2, 0.25) is 0 Å². The number of ether oxygens (including phenoxy) is 1. The van der Waals surface area contributed by atoms with Crippen LogP contribution in [0.5, 0.6) is 5.75 Å². The fourth-order valence-corrected chi connectivity index (χ4v) is 2.29. The lowest BCUT2D eigenvalue weighted by Crippen LogP contribution is -2.48. The zero-order valence-corrected chi connectivity index (χ0v) is 13.3. The third-order valence-electron chi connectivity index (χ3n) is 3.69. The lowest BCUT2D eigenvalue weighted by Gasteiger charge is -2.24. The zero-order valence-electron chi connectivity index (χ0n) is 13.3. The highest BCUT2D eigenvalue weighted by Crippen LogP contribution is 2.23. The summed E-state index contributed by atoms with van der Waals surface area (Å²) in [5, 5.41) is 26.8. The number of unbranched alkanes of at least 4 members (excludes halogenated alkanes) is 1. The Labute approximate surface area is 139 Å². The monoisotopic (exact) mass is 345 g/mol. The minimum atomic E-state index is -1.49. The van der Waals surface area contributed by atoms with Gasteiger partial charge in [0.25, 0.3) is 0 Å². The lowest BCUT2D eigenvalue weighted by atomic mass is 9.81. The number of carbonyl (C=O) groups is 1. The standard InChI is InChI=1S/C15H22BF2NO5/c17-11-5-3-6-12(18)13(11)24-10-4-8-15(19,14(20)21)7-1-2-9-16(22)23/h3,5-6,22-23H,1-2,4,7-10,19H2,(H,20,21). The number of rotatable bonds is 11. The lowest BCUT2D eigenvalue weighted by molar-refractivity contribution is -0.144. The topological polar surface area (TPSA) is 113 Å². The van der Waals surface area contributed by atoms with Gasteiger partial charge in [-0.15, -0.1) is 0 Å². The Hall–Kier alpha value is -1.71. The van der Waals surface area contributed by atoms with Crippen LogP contribution in [0.25, 0.3) is 0 Å². The first-order valence-corrected chi connectivity index (χ1v) is 7.71. The van der Waals surface area contributed by atoms with Gasteiger partial charge in [0.05, 0.1) is 6.61 Å². The van der Waals surface area contributed by atoms with Crippen LogP contribution in [0.2, 0.25) is 6.32 Å². The summed E-state index contributed by atoms with van der Waals surface area (Å²) >= 11 is 0. The molecule has 0 fully saturated rings. The molecule has 1 atom stereocenters. The third-order valence-corrected chi connectivity index (χ3v) is 3.69. The van der Waals surface area contributed by atoms with Gasteiger partial charge in [0, 0.05) is 0 Å². The normalized spacial score (nSPS) is 13.4. The summed E-state index contributed by atoms with van der Waals surface area (Å²) in [4.78, 5) is 11.3. The molecule has 0 amide bonds. The van der Waals surface area contributed by atoms with Gasteiger partial charge >= 0.3 is 13.1 Å². The summed E-state index contributed by atoms with van der Waals surface area (Å²) in [5.41, 5.74) is 4.38. The fraction of sp³-hybridized carbons (Fsp3) is 0.533. The number of para-hydroxylation sites is 1. The second-order valence-electron chi connectivity index (χ2n) is 5.69. The summed E-state index contributed by atoms with van der Waals surface area (Å²) in [6, 6.07) is 3.35. The van der Waals surface area contributed by atoms with Gasteiger partial charge in [0.1, 0.15) is 5.54 Å². The van der Waals surface area contributed by atoms with E-state index in [0.29, 0.717) is 12.8 Å². The molecule has 0 heterocycles. The molecule has 0 saturated carbocycles. The van der Waals surface area contributed by atoms with E-state index in [2.05, 4.69) is 0 Å². The molecule has 0 aliphatic carbocycles. The first kappa shape index (κ1) is 20.3. The number of nitrogens with two attached hydrogens (primary N) is 1. The molecule has 0 saturated heterocycles. The smallest absolute Gasteiger partial charge is 0.451 e. The Morgan fingerprint density at radius 2 is 1.75 bits per heavy atom. The van der Waals surface area contributed by atoms with Crippen molar-refractivity contribution < 1.29 is 33.5 Å². The highest BCUT2D eigenvalue weighted by Gasteiger charge is 2.32. The predicted octanol–water partition coefficient (Wildman–Crippen LogP) is 1.55. The predicted molar refractivity (Wildman–Crippen MR) is 84.5 cm³/mol. The Balaban J connectivity index is 2.44. The summed E-state index contributed by atoms with van der Waals surface area (Å²) < 4.78 is 31.8. The van der Waals surface area contributed by atoms with Crippen LogP contribution in [0.3, 0.4) is 0 Å². The zero-order chi connectivity index (χ0) is 18.2. The van der Waals surface area contributed by atoms with E-state index in [1.807, 2.05) is 0 Å². The molecule has 9 heteroatoms. The van der Waals surface area contributed by atoms with Crippen molar-refractivity contribution in [2.45, 2.75) is 44.0 Å². The second kappa shape index (κ2) is 9.56. The Morgan fingerprint density at radius 3 is 2.29 bits per heavy atom.